The van der Waals surface area contributed by atoms with Gasteiger partial charge in [0.1, 0.15) is 11.2 Å². The van der Waals surface area contributed by atoms with Gasteiger partial charge in [0.2, 0.25) is 0 Å². The molecule has 3 aromatic heterocycles. The smallest absolute Gasteiger partial charge is 0.175 e. The van der Waals surface area contributed by atoms with Crippen molar-refractivity contribution in [3.8, 4) is 6.07 Å². The number of carbonyl (C=O) groups excluding carboxylic acids is 1. The molecule has 4 bridgehead atoms. The van der Waals surface area contributed by atoms with Crippen molar-refractivity contribution < 1.29 is 9.21 Å². The maximum atomic E-state index is 15.2. The fraction of sp³-hybridized carbons (Fsp3) is 0.0741. The molecule has 4 heteroatoms. The summed E-state index contributed by atoms with van der Waals surface area (Å²) in [5.41, 5.74) is 19.5. The van der Waals surface area contributed by atoms with E-state index in [0.717, 1.165) is 82.5 Å². The van der Waals surface area contributed by atoms with Crippen LogP contribution in [0.1, 0.15) is 101 Å². The second-order valence-corrected chi connectivity index (χ2v) is 16.8. The summed E-state index contributed by atoms with van der Waals surface area (Å²) in [5.74, 6) is -0.374. The lowest BCUT2D eigenvalue weighted by molar-refractivity contribution is 0.0974. The van der Waals surface area contributed by atoms with Crippen molar-refractivity contribution in [1.29, 1.82) is 5.26 Å². The molecule has 6 aliphatic carbocycles. The van der Waals surface area contributed by atoms with Gasteiger partial charge in [-0.25, -0.2) is 0 Å². The molecule has 4 nitrogen and oxygen atoms in total. The first kappa shape index (κ1) is 29.8. The van der Waals surface area contributed by atoms with Crippen molar-refractivity contribution in [2.75, 3.05) is 0 Å². The third kappa shape index (κ3) is 3.18. The number of nitrogens with zero attached hydrogens (tertiary/aromatic N) is 2. The predicted octanol–water partition coefficient (Wildman–Crippen LogP) is 12.4. The van der Waals surface area contributed by atoms with Gasteiger partial charge in [0.05, 0.1) is 34.1 Å². The van der Waals surface area contributed by atoms with E-state index < -0.39 is 0 Å². The zero-order valence-corrected chi connectivity index (χ0v) is 30.9. The summed E-state index contributed by atoms with van der Waals surface area (Å²) in [6, 6.07) is 54.7. The first-order valence-electron chi connectivity index (χ1n) is 20.2. The van der Waals surface area contributed by atoms with E-state index in [1.54, 1.807) is 0 Å². The summed E-state index contributed by atoms with van der Waals surface area (Å²) >= 11 is 0. The molecule has 0 N–H and O–H groups in total. The van der Waals surface area contributed by atoms with Crippen molar-refractivity contribution in [1.82, 2.24) is 4.40 Å². The topological polar surface area (TPSA) is 58.4 Å². The molecular formula is C54H28N2O2. The number of carbonyl (C=O) groups is 1. The number of rotatable bonds is 0. The fourth-order valence-corrected chi connectivity index (χ4v) is 12.5. The molecule has 8 aromatic carbocycles. The molecule has 266 valence electrons. The first-order chi connectivity index (χ1) is 28.7. The van der Waals surface area contributed by atoms with Gasteiger partial charge >= 0.3 is 0 Å². The number of hydrogen-bond acceptors (Lipinski definition) is 3. The number of aromatic nitrogens is 1. The average molecular weight is 737 g/mol. The number of para-hydroxylation sites is 1. The highest BCUT2D eigenvalue weighted by Crippen LogP contribution is 2.60. The van der Waals surface area contributed by atoms with Crippen molar-refractivity contribution in [3.05, 3.63) is 218 Å². The minimum Gasteiger partial charge on any atom is -0.456 e. The normalized spacial score (nSPS) is 19.4. The van der Waals surface area contributed by atoms with Crippen molar-refractivity contribution in [2.24, 2.45) is 0 Å². The van der Waals surface area contributed by atoms with Gasteiger partial charge in [0.25, 0.3) is 0 Å². The molecule has 0 aliphatic heterocycles. The molecule has 3 heterocycles. The third-order valence-corrected chi connectivity index (χ3v) is 14.4. The van der Waals surface area contributed by atoms with E-state index in [0.29, 0.717) is 5.56 Å². The SMILES string of the molecule is N#Cc1cc2c(c3c1C1c4ccccc4C3c3ccccc31)c1cc3oc4ccccc4c3c3c4cc5c(cc4n2c13)C(=O)C1c2ccccc2C5c2ccccc21. The van der Waals surface area contributed by atoms with Crippen molar-refractivity contribution >= 4 is 65.8 Å². The van der Waals surface area contributed by atoms with Gasteiger partial charge in [0, 0.05) is 55.6 Å². The molecular weight excluding hydrogens is 709 g/mol. The van der Waals surface area contributed by atoms with Crippen LogP contribution in [-0.4, -0.2) is 10.2 Å². The average Bonchev–Trinajstić information content (AvgIpc) is 3.88. The summed E-state index contributed by atoms with van der Waals surface area (Å²) in [6.07, 6.45) is 0. The molecule has 17 rings (SSSR count). The highest BCUT2D eigenvalue weighted by atomic mass is 16.3. The molecule has 0 radical (unpaired) electrons. The van der Waals surface area contributed by atoms with Crippen LogP contribution >= 0.6 is 0 Å². The van der Waals surface area contributed by atoms with Gasteiger partial charge in [-0.05, 0) is 91.5 Å². The monoisotopic (exact) mass is 736 g/mol. The first-order valence-corrected chi connectivity index (χ1v) is 20.2. The maximum Gasteiger partial charge on any atom is 0.175 e. The fourth-order valence-electron chi connectivity index (χ4n) is 12.5. The summed E-state index contributed by atoms with van der Waals surface area (Å²) < 4.78 is 9.19. The van der Waals surface area contributed by atoms with E-state index in [4.69, 9.17) is 4.42 Å². The molecule has 0 fully saturated rings. The van der Waals surface area contributed by atoms with E-state index in [9.17, 15) is 5.26 Å². The Hall–Kier alpha value is -7.48. The number of nitriles is 1. The Kier molecular flexibility index (Phi) is 5.08. The van der Waals surface area contributed by atoms with E-state index in [-0.39, 0.29) is 29.5 Å². The van der Waals surface area contributed by atoms with Gasteiger partial charge in [-0.3, -0.25) is 4.79 Å². The molecule has 58 heavy (non-hydrogen) atoms. The van der Waals surface area contributed by atoms with Crippen molar-refractivity contribution in [2.45, 2.75) is 23.7 Å². The Morgan fingerprint density at radius 2 is 1.02 bits per heavy atom. The van der Waals surface area contributed by atoms with E-state index in [1.165, 1.54) is 44.3 Å². The van der Waals surface area contributed by atoms with Crippen LogP contribution in [0.15, 0.2) is 150 Å². The highest BCUT2D eigenvalue weighted by molar-refractivity contribution is 6.35. The van der Waals surface area contributed by atoms with Crippen LogP contribution < -0.4 is 0 Å². The van der Waals surface area contributed by atoms with Crippen LogP contribution in [0.4, 0.5) is 0 Å². The van der Waals surface area contributed by atoms with Gasteiger partial charge in [-0.2, -0.15) is 5.26 Å². The van der Waals surface area contributed by atoms with E-state index in [1.807, 2.05) is 6.07 Å². The van der Waals surface area contributed by atoms with Gasteiger partial charge in [-0.1, -0.05) is 115 Å². The van der Waals surface area contributed by atoms with Gasteiger partial charge in [0.15, 0.2) is 5.78 Å². The molecule has 0 amide bonds. The lowest BCUT2D eigenvalue weighted by atomic mass is 9.59. The number of furan rings is 1. The Labute approximate surface area is 331 Å². The largest absolute Gasteiger partial charge is 0.456 e. The highest BCUT2D eigenvalue weighted by Gasteiger charge is 2.46. The van der Waals surface area contributed by atoms with E-state index >= 15 is 4.79 Å². The molecule has 0 atom stereocenters. The second-order valence-electron chi connectivity index (χ2n) is 16.8. The standard InChI is InChI=1S/C54H28N2O2/c55-25-26-21-41-49(52-44(26)46-29-13-3-5-15-31(29)47(52)32-16-6-4-14-30(32)46)39-24-43-50(35-19-9-10-20-42(35)58-43)51-38-22-36-37(23-40(38)56(41)53(39)51)54(57)48-33-17-7-1-11-27(33)45(36)28-12-2-8-18-34(28)48/h1-24,45-48H. The van der Waals surface area contributed by atoms with Crippen LogP contribution in [0.2, 0.25) is 0 Å². The molecule has 0 spiro atoms. The summed E-state index contributed by atoms with van der Waals surface area (Å²) in [6.45, 7) is 0. The Bertz CT molecular complexity index is 3720. The molecule has 0 saturated carbocycles. The van der Waals surface area contributed by atoms with Crippen molar-refractivity contribution in [3.63, 3.8) is 0 Å². The quantitative estimate of drug-likeness (QED) is 0.156. The number of fused-ring (bicyclic) bond motifs is 10. The summed E-state index contributed by atoms with van der Waals surface area (Å²) in [5, 5.41) is 17.8. The Morgan fingerprint density at radius 1 is 0.466 bits per heavy atom. The zero-order valence-electron chi connectivity index (χ0n) is 30.9. The predicted molar refractivity (Wildman–Crippen MR) is 228 cm³/mol. The van der Waals surface area contributed by atoms with Gasteiger partial charge in [-0.15, -0.1) is 0 Å². The lowest BCUT2D eigenvalue weighted by Crippen LogP contribution is -2.28. The van der Waals surface area contributed by atoms with E-state index in [2.05, 4.69) is 150 Å². The minimum atomic E-state index is -0.370. The maximum absolute atomic E-state index is 15.2. The Balaban J connectivity index is 1.16. The Morgan fingerprint density at radius 3 is 1.64 bits per heavy atom. The third-order valence-electron chi connectivity index (χ3n) is 14.4. The minimum absolute atomic E-state index is 0.0303. The molecule has 0 saturated heterocycles. The van der Waals surface area contributed by atoms with Crippen LogP contribution in [-0.2, 0) is 0 Å². The number of benzene rings is 8. The summed E-state index contributed by atoms with van der Waals surface area (Å²) in [7, 11) is 0. The number of Topliss-reactive ketones (excluding diaryl/α,β-unsaturated/α-hetero) is 1. The lowest BCUT2D eigenvalue weighted by Gasteiger charge is -2.43. The zero-order chi connectivity index (χ0) is 37.7. The molecule has 0 unspecified atom stereocenters. The molecule has 6 aliphatic rings. The van der Waals surface area contributed by atoms with Crippen LogP contribution in [0, 0.1) is 11.3 Å². The second kappa shape index (κ2) is 9.90. The van der Waals surface area contributed by atoms with Crippen LogP contribution in [0.25, 0.3) is 60.0 Å². The number of hydrogen-bond donors (Lipinski definition) is 0. The van der Waals surface area contributed by atoms with Gasteiger partial charge < -0.3 is 8.82 Å². The number of ketones is 1. The summed E-state index contributed by atoms with van der Waals surface area (Å²) in [4.78, 5) is 15.2. The van der Waals surface area contributed by atoms with Crippen LogP contribution in [0.3, 0.4) is 0 Å². The molecule has 11 aromatic rings. The van der Waals surface area contributed by atoms with Crippen LogP contribution in [0.5, 0.6) is 0 Å².